The van der Waals surface area contributed by atoms with Crippen LogP contribution in [0, 0.1) is 13.8 Å². The third-order valence-corrected chi connectivity index (χ3v) is 1.60. The van der Waals surface area contributed by atoms with Gasteiger partial charge < -0.3 is 10.2 Å². The molecule has 0 saturated carbocycles. The molecule has 0 fully saturated rings. The molecule has 3 nitrogen and oxygen atoms in total. The molecule has 0 aliphatic carbocycles. The van der Waals surface area contributed by atoms with Crippen molar-refractivity contribution in [2.24, 2.45) is 5.73 Å². The summed E-state index contributed by atoms with van der Waals surface area (Å²) in [5.41, 5.74) is 5.99. The Bertz CT molecular complexity index is 304. The number of hydrogen-bond acceptors (Lipinski definition) is 2. The summed E-state index contributed by atoms with van der Waals surface area (Å²) in [7, 11) is 0. The number of carbonyl (C=O) groups excluding carboxylic acids is 1. The maximum Gasteiger partial charge on any atom is 0.241 e. The summed E-state index contributed by atoms with van der Waals surface area (Å²) in [5, 5.41) is 0. The molecule has 1 aromatic heterocycles. The molecule has 0 spiro atoms. The van der Waals surface area contributed by atoms with Crippen molar-refractivity contribution in [2.45, 2.75) is 13.8 Å². The van der Waals surface area contributed by atoms with Crippen LogP contribution in [0.25, 0.3) is 6.08 Å². The second-order valence-electron chi connectivity index (χ2n) is 2.62. The van der Waals surface area contributed by atoms with Crippen molar-refractivity contribution in [3.8, 4) is 0 Å². The van der Waals surface area contributed by atoms with Gasteiger partial charge in [0, 0.05) is 6.08 Å². The average Bonchev–Trinajstić information content (AvgIpc) is 2.28. The Hall–Kier alpha value is -1.51. The second kappa shape index (κ2) is 3.26. The molecule has 3 heteroatoms. The van der Waals surface area contributed by atoms with Crippen LogP contribution >= 0.6 is 0 Å². The van der Waals surface area contributed by atoms with Crippen LogP contribution in [0.2, 0.25) is 0 Å². The lowest BCUT2D eigenvalue weighted by Crippen LogP contribution is -2.04. The quantitative estimate of drug-likeness (QED) is 0.673. The first-order chi connectivity index (χ1) is 5.59. The van der Waals surface area contributed by atoms with Gasteiger partial charge in [0.2, 0.25) is 5.91 Å². The Kier molecular flexibility index (Phi) is 2.33. The van der Waals surface area contributed by atoms with Gasteiger partial charge in [-0.1, -0.05) is 0 Å². The van der Waals surface area contributed by atoms with E-state index < -0.39 is 5.91 Å². The first-order valence-electron chi connectivity index (χ1n) is 3.64. The minimum absolute atomic E-state index is 0.471. The van der Waals surface area contributed by atoms with Gasteiger partial charge in [-0.2, -0.15) is 0 Å². The summed E-state index contributed by atoms with van der Waals surface area (Å²) >= 11 is 0. The molecule has 0 aliphatic rings. The molecule has 1 aromatic rings. The number of carbonyl (C=O) groups is 1. The fourth-order valence-corrected chi connectivity index (χ4v) is 0.848. The fourth-order valence-electron chi connectivity index (χ4n) is 0.848. The normalized spacial score (nSPS) is 10.8. The Morgan fingerprint density at radius 1 is 1.58 bits per heavy atom. The van der Waals surface area contributed by atoms with Crippen molar-refractivity contribution in [1.82, 2.24) is 0 Å². The number of rotatable bonds is 2. The number of furan rings is 1. The number of nitrogens with two attached hydrogens (primary N) is 1. The summed E-state index contributed by atoms with van der Waals surface area (Å²) in [6, 6.07) is 1.86. The van der Waals surface area contributed by atoms with Gasteiger partial charge in [-0.25, -0.2) is 0 Å². The average molecular weight is 165 g/mol. The van der Waals surface area contributed by atoms with Crippen LogP contribution in [0.5, 0.6) is 0 Å². The summed E-state index contributed by atoms with van der Waals surface area (Å²) in [6.07, 6.45) is 2.83. The van der Waals surface area contributed by atoms with E-state index >= 15 is 0 Å². The van der Waals surface area contributed by atoms with Gasteiger partial charge in [-0.05, 0) is 31.6 Å². The highest BCUT2D eigenvalue weighted by Crippen LogP contribution is 2.13. The molecule has 0 aromatic carbocycles. The molecule has 1 heterocycles. The van der Waals surface area contributed by atoms with Crippen LogP contribution in [0.1, 0.15) is 17.1 Å². The van der Waals surface area contributed by atoms with Crippen molar-refractivity contribution in [1.29, 1.82) is 0 Å². The molecule has 64 valence electrons. The molecular weight excluding hydrogens is 154 g/mol. The summed E-state index contributed by atoms with van der Waals surface area (Å²) in [4.78, 5) is 10.4. The van der Waals surface area contributed by atoms with Gasteiger partial charge in [-0.15, -0.1) is 0 Å². The monoisotopic (exact) mass is 165 g/mol. The number of hydrogen-bond donors (Lipinski definition) is 1. The third kappa shape index (κ3) is 1.99. The molecule has 0 aliphatic heterocycles. The lowest BCUT2D eigenvalue weighted by Gasteiger charge is -1.83. The minimum Gasteiger partial charge on any atom is -0.462 e. The lowest BCUT2D eigenvalue weighted by molar-refractivity contribution is -0.113. The highest BCUT2D eigenvalue weighted by molar-refractivity contribution is 5.89. The van der Waals surface area contributed by atoms with Crippen molar-refractivity contribution in [2.75, 3.05) is 0 Å². The van der Waals surface area contributed by atoms with E-state index in [1.54, 1.807) is 6.08 Å². The van der Waals surface area contributed by atoms with Gasteiger partial charge in [0.25, 0.3) is 0 Å². The molecule has 12 heavy (non-hydrogen) atoms. The van der Waals surface area contributed by atoms with Crippen molar-refractivity contribution in [3.05, 3.63) is 29.2 Å². The first-order valence-corrected chi connectivity index (χ1v) is 3.64. The number of primary amides is 1. The molecule has 0 radical (unpaired) electrons. The van der Waals surface area contributed by atoms with E-state index in [4.69, 9.17) is 10.2 Å². The Morgan fingerprint density at radius 3 is 2.67 bits per heavy atom. The Balaban J connectivity index is 2.83. The summed E-state index contributed by atoms with van der Waals surface area (Å²) in [6.45, 7) is 3.82. The van der Waals surface area contributed by atoms with Gasteiger partial charge >= 0.3 is 0 Å². The molecular formula is C9H11NO2. The van der Waals surface area contributed by atoms with E-state index in [0.717, 1.165) is 11.3 Å². The zero-order valence-electron chi connectivity index (χ0n) is 7.13. The molecule has 0 saturated heterocycles. The molecule has 0 atom stereocenters. The van der Waals surface area contributed by atoms with Crippen molar-refractivity contribution < 1.29 is 9.21 Å². The molecule has 1 amide bonds. The van der Waals surface area contributed by atoms with E-state index in [2.05, 4.69) is 0 Å². The van der Waals surface area contributed by atoms with Gasteiger partial charge in [0.05, 0.1) is 0 Å². The predicted molar refractivity (Wildman–Crippen MR) is 46.4 cm³/mol. The number of amides is 1. The fraction of sp³-hybridized carbons (Fsp3) is 0.222. The number of aryl methyl sites for hydroxylation is 2. The highest BCUT2D eigenvalue weighted by Gasteiger charge is 1.99. The van der Waals surface area contributed by atoms with Crippen LogP contribution < -0.4 is 5.73 Å². The SMILES string of the molecule is Cc1cc(/C=C/C(N)=O)oc1C. The van der Waals surface area contributed by atoms with Gasteiger partial charge in [0.15, 0.2) is 0 Å². The molecule has 0 unspecified atom stereocenters. The van der Waals surface area contributed by atoms with Gasteiger partial charge in [0.1, 0.15) is 11.5 Å². The van der Waals surface area contributed by atoms with Gasteiger partial charge in [-0.3, -0.25) is 4.79 Å². The van der Waals surface area contributed by atoms with Crippen LogP contribution in [0.15, 0.2) is 16.6 Å². The Labute approximate surface area is 70.9 Å². The first kappa shape index (κ1) is 8.59. The van der Waals surface area contributed by atoms with E-state index in [1.807, 2.05) is 19.9 Å². The third-order valence-electron chi connectivity index (χ3n) is 1.60. The topological polar surface area (TPSA) is 56.2 Å². The summed E-state index contributed by atoms with van der Waals surface area (Å²) in [5.74, 6) is 1.05. The Morgan fingerprint density at radius 2 is 2.25 bits per heavy atom. The zero-order valence-corrected chi connectivity index (χ0v) is 7.13. The predicted octanol–water partition coefficient (Wildman–Crippen LogP) is 1.39. The maximum atomic E-state index is 10.4. The van der Waals surface area contributed by atoms with Crippen molar-refractivity contribution >= 4 is 12.0 Å². The smallest absolute Gasteiger partial charge is 0.241 e. The van der Waals surface area contributed by atoms with Crippen LogP contribution in [-0.2, 0) is 4.79 Å². The van der Waals surface area contributed by atoms with Crippen molar-refractivity contribution in [3.63, 3.8) is 0 Å². The highest BCUT2D eigenvalue weighted by atomic mass is 16.3. The largest absolute Gasteiger partial charge is 0.462 e. The van der Waals surface area contributed by atoms with Crippen LogP contribution in [-0.4, -0.2) is 5.91 Å². The minimum atomic E-state index is -0.471. The second-order valence-corrected chi connectivity index (χ2v) is 2.62. The van der Waals surface area contributed by atoms with E-state index in [9.17, 15) is 4.79 Å². The van der Waals surface area contributed by atoms with Crippen LogP contribution in [0.4, 0.5) is 0 Å². The van der Waals surface area contributed by atoms with E-state index in [1.165, 1.54) is 6.08 Å². The molecule has 2 N–H and O–H groups in total. The van der Waals surface area contributed by atoms with E-state index in [0.29, 0.717) is 5.76 Å². The lowest BCUT2D eigenvalue weighted by atomic mass is 10.3. The zero-order chi connectivity index (χ0) is 9.14. The summed E-state index contributed by atoms with van der Waals surface area (Å²) < 4.78 is 5.27. The van der Waals surface area contributed by atoms with E-state index in [-0.39, 0.29) is 0 Å². The standard InChI is InChI=1S/C9H11NO2/c1-6-5-8(12-7(6)2)3-4-9(10)11/h3-5H,1-2H3,(H2,10,11)/b4-3+. The van der Waals surface area contributed by atoms with Crippen LogP contribution in [0.3, 0.4) is 0 Å². The molecule has 0 bridgehead atoms. The maximum absolute atomic E-state index is 10.4. The molecule has 1 rings (SSSR count).